The van der Waals surface area contributed by atoms with Gasteiger partial charge in [-0.3, -0.25) is 14.4 Å². The Balaban J connectivity index is 1.86. The molecule has 0 atom stereocenters. The Morgan fingerprint density at radius 2 is 1.85 bits per heavy atom. The second-order valence-electron chi connectivity index (χ2n) is 7.53. The summed E-state index contributed by atoms with van der Waals surface area (Å²) in [6.07, 6.45) is 2.77. The molecule has 0 unspecified atom stereocenters. The highest BCUT2D eigenvalue weighted by Crippen LogP contribution is 2.22. The molecule has 0 aliphatic heterocycles. The third-order valence-electron chi connectivity index (χ3n) is 5.12. The van der Waals surface area contributed by atoms with Crippen molar-refractivity contribution < 1.29 is 14.3 Å². The van der Waals surface area contributed by atoms with E-state index in [9.17, 15) is 14.4 Å². The molecule has 33 heavy (non-hydrogen) atoms. The molecule has 3 aromatic rings. The average molecular weight is 471 g/mol. The van der Waals surface area contributed by atoms with E-state index in [0.29, 0.717) is 41.7 Å². The normalized spacial score (nSPS) is 10.9. The first kappa shape index (κ1) is 24.4. The van der Waals surface area contributed by atoms with Crippen LogP contribution in [0.25, 0.3) is 10.8 Å². The molecule has 0 radical (unpaired) electrons. The fraction of sp³-hybridized carbons (Fsp3) is 0.333. The van der Waals surface area contributed by atoms with Crippen molar-refractivity contribution in [3.63, 3.8) is 0 Å². The van der Waals surface area contributed by atoms with E-state index in [4.69, 9.17) is 16.3 Å². The van der Waals surface area contributed by atoms with Gasteiger partial charge < -0.3 is 15.4 Å². The molecule has 0 fully saturated rings. The highest BCUT2D eigenvalue weighted by Gasteiger charge is 2.18. The summed E-state index contributed by atoms with van der Waals surface area (Å²) in [6.45, 7) is 3.27. The Labute approximate surface area is 196 Å². The zero-order valence-electron chi connectivity index (χ0n) is 18.7. The third kappa shape index (κ3) is 5.97. The Bertz CT molecular complexity index is 1210. The Morgan fingerprint density at radius 1 is 1.09 bits per heavy atom. The van der Waals surface area contributed by atoms with Crippen LogP contribution in [0, 0.1) is 0 Å². The quantitative estimate of drug-likeness (QED) is 0.438. The predicted molar refractivity (Wildman–Crippen MR) is 129 cm³/mol. The van der Waals surface area contributed by atoms with Gasteiger partial charge in [0.25, 0.3) is 17.4 Å². The number of carbonyl (C=O) groups excluding carboxylic acids is 2. The van der Waals surface area contributed by atoms with Crippen LogP contribution in [0.2, 0.25) is 5.02 Å². The maximum atomic E-state index is 13.1. The molecule has 9 heteroatoms. The van der Waals surface area contributed by atoms with Gasteiger partial charge in [-0.05, 0) is 30.7 Å². The zero-order valence-corrected chi connectivity index (χ0v) is 19.4. The van der Waals surface area contributed by atoms with E-state index in [0.717, 1.165) is 19.3 Å². The van der Waals surface area contributed by atoms with Crippen LogP contribution in [-0.2, 0) is 11.3 Å². The number of nitrogens with one attached hydrogen (secondary N) is 2. The number of rotatable bonds is 10. The maximum absolute atomic E-state index is 13.1. The fourth-order valence-corrected chi connectivity index (χ4v) is 3.66. The summed E-state index contributed by atoms with van der Waals surface area (Å²) >= 11 is 6.27. The highest BCUT2D eigenvalue weighted by atomic mass is 35.5. The number of amides is 2. The van der Waals surface area contributed by atoms with Crippen molar-refractivity contribution in [1.29, 1.82) is 0 Å². The average Bonchev–Trinajstić information content (AvgIpc) is 2.81. The summed E-state index contributed by atoms with van der Waals surface area (Å²) in [7, 11) is 1.55. The number of hydrogen-bond donors (Lipinski definition) is 2. The van der Waals surface area contributed by atoms with E-state index < -0.39 is 5.91 Å². The van der Waals surface area contributed by atoms with Gasteiger partial charge in [-0.25, -0.2) is 4.68 Å². The van der Waals surface area contributed by atoms with Gasteiger partial charge in [0.15, 0.2) is 5.69 Å². The fourth-order valence-electron chi connectivity index (χ4n) is 3.40. The molecule has 174 valence electrons. The summed E-state index contributed by atoms with van der Waals surface area (Å²) in [4.78, 5) is 38.1. The third-order valence-corrected chi connectivity index (χ3v) is 5.43. The molecule has 3 rings (SSSR count). The molecule has 0 aliphatic carbocycles. The number of ether oxygens (including phenoxy) is 1. The summed E-state index contributed by atoms with van der Waals surface area (Å²) in [5.41, 5.74) is 0.635. The van der Waals surface area contributed by atoms with Gasteiger partial charge >= 0.3 is 0 Å². The number of benzene rings is 2. The second-order valence-corrected chi connectivity index (χ2v) is 7.93. The van der Waals surface area contributed by atoms with Crippen molar-refractivity contribution in [2.24, 2.45) is 0 Å². The number of hydrogen-bond acceptors (Lipinski definition) is 5. The number of unbranched alkanes of at least 4 members (excludes halogenated alkanes) is 2. The molecule has 2 N–H and O–H groups in total. The van der Waals surface area contributed by atoms with Crippen molar-refractivity contribution in [1.82, 2.24) is 15.1 Å². The van der Waals surface area contributed by atoms with Gasteiger partial charge in [-0.2, -0.15) is 5.10 Å². The van der Waals surface area contributed by atoms with Crippen molar-refractivity contribution in [2.75, 3.05) is 25.6 Å². The van der Waals surface area contributed by atoms with Crippen molar-refractivity contribution >= 4 is 39.9 Å². The van der Waals surface area contributed by atoms with E-state index in [-0.39, 0.29) is 22.2 Å². The molecule has 0 aliphatic rings. The topological polar surface area (TPSA) is 102 Å². The lowest BCUT2D eigenvalue weighted by atomic mass is 10.1. The van der Waals surface area contributed by atoms with Crippen LogP contribution in [0.1, 0.15) is 47.0 Å². The summed E-state index contributed by atoms with van der Waals surface area (Å²) in [5, 5.41) is 11.0. The van der Waals surface area contributed by atoms with Gasteiger partial charge in [0.05, 0.1) is 22.6 Å². The van der Waals surface area contributed by atoms with Gasteiger partial charge in [-0.15, -0.1) is 0 Å². The number of carbonyl (C=O) groups is 2. The first-order chi connectivity index (χ1) is 16.0. The van der Waals surface area contributed by atoms with Gasteiger partial charge in [0.1, 0.15) is 0 Å². The number of anilines is 1. The lowest BCUT2D eigenvalue weighted by Crippen LogP contribution is -2.28. The first-order valence-corrected chi connectivity index (χ1v) is 11.2. The molecular formula is C24H27ClN4O4. The number of methoxy groups -OCH3 is 1. The SMILES string of the molecule is CCCCCn1nc(C(=O)Nc2ccc(C(=O)NCCOC)c(Cl)c2)c2ccccc2c1=O. The molecule has 1 heterocycles. The standard InChI is InChI=1S/C24H27ClN4O4/c1-3-4-7-13-29-24(32)18-9-6-5-8-17(18)21(28-29)23(31)27-16-10-11-19(20(25)15-16)22(30)26-12-14-33-2/h5-6,8-11,15H,3-4,7,12-14H2,1-2H3,(H,26,30)(H,27,31). The van der Waals surface area contributed by atoms with Crippen molar-refractivity contribution in [3.8, 4) is 0 Å². The molecule has 0 saturated carbocycles. The Kier molecular flexibility index (Phi) is 8.57. The van der Waals surface area contributed by atoms with Gasteiger partial charge in [0, 0.05) is 31.3 Å². The second kappa shape index (κ2) is 11.6. The number of nitrogens with zero attached hydrogens (tertiary/aromatic N) is 2. The summed E-state index contributed by atoms with van der Waals surface area (Å²) in [6, 6.07) is 11.6. The molecule has 0 bridgehead atoms. The van der Waals surface area contributed by atoms with E-state index in [2.05, 4.69) is 22.7 Å². The molecular weight excluding hydrogens is 444 g/mol. The number of aryl methyl sites for hydroxylation is 1. The van der Waals surface area contributed by atoms with Crippen molar-refractivity contribution in [3.05, 3.63) is 69.1 Å². The minimum Gasteiger partial charge on any atom is -0.383 e. The predicted octanol–water partition coefficient (Wildman–Crippen LogP) is 3.87. The molecule has 2 amide bonds. The first-order valence-electron chi connectivity index (χ1n) is 10.8. The smallest absolute Gasteiger partial charge is 0.276 e. The van der Waals surface area contributed by atoms with E-state index in [1.165, 1.54) is 16.8 Å². The lowest BCUT2D eigenvalue weighted by Gasteiger charge is -2.12. The number of aromatic nitrogens is 2. The van der Waals surface area contributed by atoms with E-state index in [1.54, 1.807) is 37.4 Å². The van der Waals surface area contributed by atoms with Crippen LogP contribution in [0.3, 0.4) is 0 Å². The number of halogens is 1. The van der Waals surface area contributed by atoms with Crippen LogP contribution in [0.15, 0.2) is 47.3 Å². The molecule has 1 aromatic heterocycles. The zero-order chi connectivity index (χ0) is 23.8. The number of fused-ring (bicyclic) bond motifs is 1. The molecule has 0 spiro atoms. The molecule has 2 aromatic carbocycles. The van der Waals surface area contributed by atoms with Crippen LogP contribution < -0.4 is 16.2 Å². The largest absolute Gasteiger partial charge is 0.383 e. The molecule has 8 nitrogen and oxygen atoms in total. The summed E-state index contributed by atoms with van der Waals surface area (Å²) < 4.78 is 6.27. The maximum Gasteiger partial charge on any atom is 0.276 e. The lowest BCUT2D eigenvalue weighted by molar-refractivity contribution is 0.0936. The Hall–Kier alpha value is -3.23. The highest BCUT2D eigenvalue weighted by molar-refractivity contribution is 6.34. The van der Waals surface area contributed by atoms with Crippen LogP contribution >= 0.6 is 11.6 Å². The van der Waals surface area contributed by atoms with E-state index in [1.807, 2.05) is 0 Å². The summed E-state index contributed by atoms with van der Waals surface area (Å²) in [5.74, 6) is -0.800. The van der Waals surface area contributed by atoms with Gasteiger partial charge in [0.2, 0.25) is 0 Å². The van der Waals surface area contributed by atoms with Crippen molar-refractivity contribution in [2.45, 2.75) is 32.7 Å². The minimum atomic E-state index is -0.469. The van der Waals surface area contributed by atoms with Crippen LogP contribution in [-0.4, -0.2) is 41.9 Å². The van der Waals surface area contributed by atoms with Crippen LogP contribution in [0.4, 0.5) is 5.69 Å². The van der Waals surface area contributed by atoms with E-state index >= 15 is 0 Å². The Morgan fingerprint density at radius 3 is 2.55 bits per heavy atom. The minimum absolute atomic E-state index is 0.152. The van der Waals surface area contributed by atoms with Gasteiger partial charge in [-0.1, -0.05) is 49.6 Å². The monoisotopic (exact) mass is 470 g/mol. The van der Waals surface area contributed by atoms with Crippen LogP contribution in [0.5, 0.6) is 0 Å². The molecule has 0 saturated heterocycles.